The molecule has 7 heteroatoms. The number of rotatable bonds is 7. The monoisotopic (exact) mass is 483 g/mol. The third-order valence-electron chi connectivity index (χ3n) is 5.98. The molecule has 3 aromatic carbocycles. The molecule has 0 saturated carbocycles. The van der Waals surface area contributed by atoms with Crippen molar-refractivity contribution in [3.8, 4) is 11.5 Å². The molecule has 5 nitrogen and oxygen atoms in total. The smallest absolute Gasteiger partial charge is 1.00 e. The number of thioether (sulfide) groups is 1. The van der Waals surface area contributed by atoms with Crippen molar-refractivity contribution in [2.24, 2.45) is 0 Å². The van der Waals surface area contributed by atoms with Gasteiger partial charge in [0.25, 0.3) is 5.24 Å². The standard InChI is InChI=1S/C27H25NO4S.Na.H/c29-26-25(33-27(30)28-26)16-20-8-13-24-21(14-20)9-12-23(32-24)15-18-6-10-22(11-7-18)31-17-19-4-2-1-3-5-19;;/h1-8,10-11,13-14,23,25H,9,12,15-17H2,(H,28,29,30);;/q;+1;-1. The molecule has 2 aliphatic rings. The van der Waals surface area contributed by atoms with E-state index in [1.165, 1.54) is 11.1 Å². The fourth-order valence-corrected chi connectivity index (χ4v) is 5.10. The number of hydrogen-bond donors (Lipinski definition) is 1. The van der Waals surface area contributed by atoms with Crippen molar-refractivity contribution in [2.75, 3.05) is 0 Å². The van der Waals surface area contributed by atoms with Crippen LogP contribution >= 0.6 is 11.8 Å². The van der Waals surface area contributed by atoms with Crippen LogP contribution in [-0.2, 0) is 30.7 Å². The van der Waals surface area contributed by atoms with Gasteiger partial charge in [-0.25, -0.2) is 0 Å². The molecule has 34 heavy (non-hydrogen) atoms. The number of amides is 2. The van der Waals surface area contributed by atoms with E-state index in [1.54, 1.807) is 0 Å². The van der Waals surface area contributed by atoms with Crippen molar-refractivity contribution in [3.63, 3.8) is 0 Å². The van der Waals surface area contributed by atoms with Gasteiger partial charge in [0.1, 0.15) is 24.2 Å². The van der Waals surface area contributed by atoms with Gasteiger partial charge in [-0.2, -0.15) is 0 Å². The molecular weight excluding hydrogens is 457 g/mol. The zero-order valence-corrected chi connectivity index (χ0v) is 22.0. The van der Waals surface area contributed by atoms with Gasteiger partial charge in [-0.15, -0.1) is 0 Å². The molecule has 2 heterocycles. The molecule has 5 rings (SSSR count). The number of fused-ring (bicyclic) bond motifs is 1. The van der Waals surface area contributed by atoms with E-state index in [-0.39, 0.29) is 53.5 Å². The molecule has 170 valence electrons. The maximum Gasteiger partial charge on any atom is 1.00 e. The maximum absolute atomic E-state index is 11.8. The van der Waals surface area contributed by atoms with Crippen LogP contribution in [0.3, 0.4) is 0 Å². The summed E-state index contributed by atoms with van der Waals surface area (Å²) in [6.45, 7) is 0.561. The summed E-state index contributed by atoms with van der Waals surface area (Å²) in [6, 6.07) is 24.5. The van der Waals surface area contributed by atoms with Crippen LogP contribution in [0.2, 0.25) is 0 Å². The zero-order chi connectivity index (χ0) is 22.6. The normalized spacial score (nSPS) is 18.9. The first-order valence-corrected chi connectivity index (χ1v) is 12.1. The van der Waals surface area contributed by atoms with Gasteiger partial charge in [0.05, 0.1) is 5.25 Å². The first-order valence-electron chi connectivity index (χ1n) is 11.2. The third-order valence-corrected chi connectivity index (χ3v) is 6.96. The Morgan fingerprint density at radius 3 is 2.44 bits per heavy atom. The van der Waals surface area contributed by atoms with Gasteiger partial charge in [0.15, 0.2) is 0 Å². The van der Waals surface area contributed by atoms with Crippen LogP contribution in [0.5, 0.6) is 11.5 Å². The van der Waals surface area contributed by atoms with E-state index in [0.717, 1.165) is 53.7 Å². The number of carbonyl (C=O) groups is 2. The minimum atomic E-state index is -0.340. The summed E-state index contributed by atoms with van der Waals surface area (Å²) in [7, 11) is 0. The van der Waals surface area contributed by atoms with Crippen molar-refractivity contribution in [1.82, 2.24) is 5.32 Å². The Hall–Kier alpha value is -2.25. The van der Waals surface area contributed by atoms with Crippen molar-refractivity contribution in [3.05, 3.63) is 95.1 Å². The van der Waals surface area contributed by atoms with Crippen LogP contribution in [0.25, 0.3) is 0 Å². The van der Waals surface area contributed by atoms with E-state index in [2.05, 4.69) is 35.6 Å². The Morgan fingerprint density at radius 1 is 0.941 bits per heavy atom. The first-order chi connectivity index (χ1) is 16.1. The Balaban J connectivity index is 0.00000171. The summed E-state index contributed by atoms with van der Waals surface area (Å²) in [5.41, 5.74) is 4.60. The number of imide groups is 1. The molecule has 1 fully saturated rings. The number of nitrogens with one attached hydrogen (secondary N) is 1. The van der Waals surface area contributed by atoms with Crippen LogP contribution < -0.4 is 44.3 Å². The van der Waals surface area contributed by atoms with Gasteiger partial charge >= 0.3 is 29.6 Å². The molecule has 0 spiro atoms. The number of benzene rings is 3. The minimum absolute atomic E-state index is 0. The topological polar surface area (TPSA) is 64.6 Å². The molecule has 0 aliphatic carbocycles. The van der Waals surface area contributed by atoms with Gasteiger partial charge < -0.3 is 10.9 Å². The third kappa shape index (κ3) is 6.25. The van der Waals surface area contributed by atoms with E-state index >= 15 is 0 Å². The second-order valence-electron chi connectivity index (χ2n) is 8.43. The molecule has 1 saturated heterocycles. The molecule has 2 atom stereocenters. The molecule has 3 aromatic rings. The predicted octanol–water partition coefficient (Wildman–Crippen LogP) is 2.21. The Morgan fingerprint density at radius 2 is 1.71 bits per heavy atom. The number of aryl methyl sites for hydroxylation is 1. The second-order valence-corrected chi connectivity index (χ2v) is 9.61. The summed E-state index contributed by atoms with van der Waals surface area (Å²) in [6.07, 6.45) is 3.42. The van der Waals surface area contributed by atoms with Crippen molar-refractivity contribution >= 4 is 22.9 Å². The van der Waals surface area contributed by atoms with Gasteiger partial charge in [-0.3, -0.25) is 14.9 Å². The summed E-state index contributed by atoms with van der Waals surface area (Å²) in [5.74, 6) is 1.58. The van der Waals surface area contributed by atoms with Gasteiger partial charge in [0, 0.05) is 6.42 Å². The average molecular weight is 484 g/mol. The van der Waals surface area contributed by atoms with E-state index in [0.29, 0.717) is 13.0 Å². The van der Waals surface area contributed by atoms with Crippen LogP contribution in [0.1, 0.15) is 30.1 Å². The van der Waals surface area contributed by atoms with Gasteiger partial charge in [0.2, 0.25) is 5.91 Å². The predicted molar refractivity (Wildman–Crippen MR) is 130 cm³/mol. The molecule has 2 unspecified atom stereocenters. The van der Waals surface area contributed by atoms with Crippen molar-refractivity contribution < 1.29 is 50.0 Å². The quantitative estimate of drug-likeness (QED) is 0.522. The number of ether oxygens (including phenoxy) is 2. The zero-order valence-electron chi connectivity index (χ0n) is 20.2. The van der Waals surface area contributed by atoms with E-state index in [1.807, 2.05) is 42.5 Å². The summed E-state index contributed by atoms with van der Waals surface area (Å²) in [5, 5.41) is 1.75. The van der Waals surface area contributed by atoms with Crippen molar-refractivity contribution in [1.29, 1.82) is 0 Å². The second kappa shape index (κ2) is 11.5. The fraction of sp³-hybridized carbons (Fsp3) is 0.259. The largest absolute Gasteiger partial charge is 1.00 e. The van der Waals surface area contributed by atoms with Gasteiger partial charge in [-0.05, 0) is 59.7 Å². The minimum Gasteiger partial charge on any atom is -1.00 e. The van der Waals surface area contributed by atoms with Crippen LogP contribution in [-0.4, -0.2) is 22.5 Å². The van der Waals surface area contributed by atoms with Gasteiger partial charge in [-0.1, -0.05) is 66.4 Å². The molecule has 2 amide bonds. The Labute approximate surface area is 227 Å². The molecule has 1 N–H and O–H groups in total. The van der Waals surface area contributed by atoms with E-state index < -0.39 is 0 Å². The number of hydrogen-bond acceptors (Lipinski definition) is 5. The average Bonchev–Trinajstić information content (AvgIpc) is 3.15. The van der Waals surface area contributed by atoms with E-state index in [4.69, 9.17) is 9.47 Å². The van der Waals surface area contributed by atoms with E-state index in [9.17, 15) is 9.59 Å². The fourth-order valence-electron chi connectivity index (χ4n) is 4.24. The van der Waals surface area contributed by atoms with Crippen LogP contribution in [0.4, 0.5) is 4.79 Å². The number of carbonyl (C=O) groups excluding carboxylic acids is 2. The molecule has 2 aliphatic heterocycles. The summed E-state index contributed by atoms with van der Waals surface area (Å²) >= 11 is 1.07. The Kier molecular flexibility index (Phi) is 8.37. The maximum atomic E-state index is 11.8. The van der Waals surface area contributed by atoms with Crippen LogP contribution in [0.15, 0.2) is 72.8 Å². The molecule has 0 bridgehead atoms. The molecule has 0 radical (unpaired) electrons. The summed E-state index contributed by atoms with van der Waals surface area (Å²) in [4.78, 5) is 23.2. The molecular formula is C27H26NNaO4S. The first kappa shape index (κ1) is 24.9. The van der Waals surface area contributed by atoms with Crippen LogP contribution in [0, 0.1) is 0 Å². The SMILES string of the molecule is O=C1NC(=O)C(Cc2ccc3c(c2)CCC(Cc2ccc(OCc4ccccc4)cc2)O3)S1.[H-].[Na+]. The molecule has 0 aromatic heterocycles. The summed E-state index contributed by atoms with van der Waals surface area (Å²) < 4.78 is 12.1. The van der Waals surface area contributed by atoms with Crippen molar-refractivity contribution in [2.45, 2.75) is 43.6 Å². The Bertz CT molecular complexity index is 1160.